The highest BCUT2D eigenvalue weighted by atomic mass is 16.4. The van der Waals surface area contributed by atoms with Gasteiger partial charge in [-0.3, -0.25) is 14.4 Å². The van der Waals surface area contributed by atoms with E-state index in [2.05, 4.69) is 0 Å². The molecule has 4 N–H and O–H groups in total. The molecule has 0 unspecified atom stereocenters. The molecule has 0 saturated heterocycles. The molecule has 1 aromatic rings. The molecule has 0 fully saturated rings. The third-order valence-corrected chi connectivity index (χ3v) is 3.94. The summed E-state index contributed by atoms with van der Waals surface area (Å²) in [7, 11) is 0. The number of Topliss-reactive ketones (excluding diaryl/α,β-unsaturated/α-hetero) is 1. The number of hydrogen-bond donors (Lipinski definition) is 4. The molecule has 26 heavy (non-hydrogen) atoms. The van der Waals surface area contributed by atoms with Crippen molar-refractivity contribution in [2.75, 3.05) is 0 Å². The van der Waals surface area contributed by atoms with Gasteiger partial charge in [0.25, 0.3) is 0 Å². The molecule has 0 heterocycles. The lowest BCUT2D eigenvalue weighted by Gasteiger charge is -2.24. The van der Waals surface area contributed by atoms with Gasteiger partial charge < -0.3 is 20.4 Å². The van der Waals surface area contributed by atoms with E-state index in [9.17, 15) is 34.2 Å². The number of allylic oxidation sites excluding steroid dienone is 3. The molecule has 9 nitrogen and oxygen atoms in total. The number of aliphatic carboxylic acids is 2. The van der Waals surface area contributed by atoms with E-state index in [-0.39, 0.29) is 11.1 Å². The fourth-order valence-corrected chi connectivity index (χ4v) is 2.52. The molecule has 1 aliphatic carbocycles. The van der Waals surface area contributed by atoms with Crippen molar-refractivity contribution in [3.05, 3.63) is 58.7 Å². The second-order valence-electron chi connectivity index (χ2n) is 5.51. The Kier molecular flexibility index (Phi) is 4.74. The highest BCUT2D eigenvalue weighted by Gasteiger charge is 2.46. The van der Waals surface area contributed by atoms with E-state index in [1.165, 1.54) is 6.08 Å². The summed E-state index contributed by atoms with van der Waals surface area (Å²) in [5.41, 5.74) is -3.79. The van der Waals surface area contributed by atoms with Crippen molar-refractivity contribution < 1.29 is 44.4 Å². The first-order valence-corrected chi connectivity index (χ1v) is 7.10. The molecule has 0 bridgehead atoms. The lowest BCUT2D eigenvalue weighted by molar-refractivity contribution is -0.160. The van der Waals surface area contributed by atoms with Crippen LogP contribution in [0.25, 0.3) is 0 Å². The Morgan fingerprint density at radius 2 is 1.42 bits per heavy atom. The third-order valence-electron chi connectivity index (χ3n) is 3.94. The van der Waals surface area contributed by atoms with Crippen molar-refractivity contribution in [1.29, 1.82) is 0 Å². The Labute approximate surface area is 145 Å². The predicted molar refractivity (Wildman–Crippen MR) is 84.2 cm³/mol. The lowest BCUT2D eigenvalue weighted by Crippen LogP contribution is -2.39. The highest BCUT2D eigenvalue weighted by molar-refractivity contribution is 6.13. The van der Waals surface area contributed by atoms with Crippen LogP contribution in [0.1, 0.15) is 37.5 Å². The van der Waals surface area contributed by atoms with Crippen molar-refractivity contribution in [1.82, 2.24) is 0 Å². The van der Waals surface area contributed by atoms with Crippen LogP contribution in [0.15, 0.2) is 42.0 Å². The van der Waals surface area contributed by atoms with Gasteiger partial charge in [-0.25, -0.2) is 9.59 Å². The minimum Gasteiger partial charge on any atom is -0.480 e. The van der Waals surface area contributed by atoms with Gasteiger partial charge in [-0.2, -0.15) is 0 Å². The fraction of sp³-hybridized carbons (Fsp3) is 0.118. The van der Waals surface area contributed by atoms with Gasteiger partial charge in [0.05, 0.1) is 11.1 Å². The SMILES string of the molecule is O=C(C1=CC=CC(C(=O)O)(C(=O)O)C1)c1ccc(C(=O)O)c(C(=O)O)c1. The zero-order chi connectivity index (χ0) is 19.6. The molecule has 9 heteroatoms. The highest BCUT2D eigenvalue weighted by Crippen LogP contribution is 2.34. The molecule has 2 rings (SSSR count). The minimum atomic E-state index is -2.31. The lowest BCUT2D eigenvalue weighted by atomic mass is 9.76. The first-order valence-electron chi connectivity index (χ1n) is 7.10. The maximum atomic E-state index is 12.6. The Balaban J connectivity index is 2.46. The van der Waals surface area contributed by atoms with E-state index in [1.807, 2.05) is 0 Å². The molecule has 0 saturated carbocycles. The molecule has 0 spiro atoms. The van der Waals surface area contributed by atoms with E-state index in [0.29, 0.717) is 0 Å². The molecule has 134 valence electrons. The summed E-state index contributed by atoms with van der Waals surface area (Å²) in [4.78, 5) is 57.6. The van der Waals surface area contributed by atoms with E-state index in [1.54, 1.807) is 0 Å². The van der Waals surface area contributed by atoms with Crippen molar-refractivity contribution in [3.8, 4) is 0 Å². The second kappa shape index (κ2) is 6.63. The van der Waals surface area contributed by atoms with Gasteiger partial charge in [-0.05, 0) is 12.1 Å². The molecule has 0 aliphatic heterocycles. The summed E-state index contributed by atoms with van der Waals surface area (Å²) in [6, 6.07) is 2.89. The summed E-state index contributed by atoms with van der Waals surface area (Å²) in [6.07, 6.45) is 2.68. The number of ketones is 1. The normalized spacial score (nSPS) is 15.0. The van der Waals surface area contributed by atoms with Gasteiger partial charge in [-0.15, -0.1) is 0 Å². The Bertz CT molecular complexity index is 891. The number of carbonyl (C=O) groups excluding carboxylic acids is 1. The summed E-state index contributed by atoms with van der Waals surface area (Å²) in [6.45, 7) is 0. The second-order valence-corrected chi connectivity index (χ2v) is 5.51. The summed E-state index contributed by atoms with van der Waals surface area (Å²) >= 11 is 0. The number of aromatic carboxylic acids is 2. The summed E-state index contributed by atoms with van der Waals surface area (Å²) < 4.78 is 0. The predicted octanol–water partition coefficient (Wildman–Crippen LogP) is 1.31. The number of carbonyl (C=O) groups is 5. The first kappa shape index (κ1) is 18.6. The van der Waals surface area contributed by atoms with Crippen LogP contribution in [0.5, 0.6) is 0 Å². The van der Waals surface area contributed by atoms with Crippen molar-refractivity contribution in [3.63, 3.8) is 0 Å². The summed E-state index contributed by atoms with van der Waals surface area (Å²) in [5.74, 6) is -7.13. The van der Waals surface area contributed by atoms with E-state index in [4.69, 9.17) is 10.2 Å². The average Bonchev–Trinajstić information content (AvgIpc) is 2.60. The minimum absolute atomic E-state index is 0.156. The zero-order valence-corrected chi connectivity index (χ0v) is 13.0. The van der Waals surface area contributed by atoms with Crippen LogP contribution in [-0.2, 0) is 9.59 Å². The van der Waals surface area contributed by atoms with Gasteiger partial charge in [-0.1, -0.05) is 24.3 Å². The molecular weight excluding hydrogens is 348 g/mol. The molecule has 0 radical (unpaired) electrons. The van der Waals surface area contributed by atoms with Gasteiger partial charge in [0.1, 0.15) is 0 Å². The van der Waals surface area contributed by atoms with E-state index < -0.39 is 52.6 Å². The largest absolute Gasteiger partial charge is 0.480 e. The van der Waals surface area contributed by atoms with Crippen LogP contribution in [0, 0.1) is 5.41 Å². The number of carboxylic acid groups (broad SMARTS) is 4. The molecule has 0 aromatic heterocycles. The van der Waals surface area contributed by atoms with Crippen molar-refractivity contribution >= 4 is 29.7 Å². The van der Waals surface area contributed by atoms with Crippen LogP contribution in [0.4, 0.5) is 0 Å². The van der Waals surface area contributed by atoms with E-state index in [0.717, 1.165) is 30.4 Å². The average molecular weight is 360 g/mol. The van der Waals surface area contributed by atoms with Gasteiger partial charge in [0.2, 0.25) is 0 Å². The molecule has 1 aromatic carbocycles. The van der Waals surface area contributed by atoms with Crippen LogP contribution in [-0.4, -0.2) is 50.1 Å². The maximum absolute atomic E-state index is 12.6. The van der Waals surface area contributed by atoms with Crippen LogP contribution in [0.2, 0.25) is 0 Å². The monoisotopic (exact) mass is 360 g/mol. The fourth-order valence-electron chi connectivity index (χ4n) is 2.52. The molecule has 0 atom stereocenters. The van der Waals surface area contributed by atoms with Crippen molar-refractivity contribution in [2.24, 2.45) is 5.41 Å². The summed E-state index contributed by atoms with van der Waals surface area (Å²) in [5, 5.41) is 36.5. The Morgan fingerprint density at radius 3 is 1.92 bits per heavy atom. The molecule has 0 amide bonds. The van der Waals surface area contributed by atoms with Gasteiger partial charge >= 0.3 is 23.9 Å². The smallest absolute Gasteiger partial charge is 0.336 e. The standard InChI is InChI=1S/C17H12O9/c18-12(8-3-4-10(13(19)20)11(6-8)14(21)22)9-2-1-5-17(7-9,15(23)24)16(25)26/h1-6H,7H2,(H,19,20)(H,21,22)(H,23,24)(H,25,26). The Hall–Kier alpha value is -3.75. The Morgan fingerprint density at radius 1 is 0.846 bits per heavy atom. The molecule has 1 aliphatic rings. The third kappa shape index (κ3) is 3.09. The zero-order valence-electron chi connectivity index (χ0n) is 13.0. The van der Waals surface area contributed by atoms with Gasteiger partial charge in [0.15, 0.2) is 11.2 Å². The van der Waals surface area contributed by atoms with Crippen LogP contribution < -0.4 is 0 Å². The first-order chi connectivity index (χ1) is 12.1. The van der Waals surface area contributed by atoms with Gasteiger partial charge in [0, 0.05) is 17.6 Å². The maximum Gasteiger partial charge on any atom is 0.336 e. The van der Waals surface area contributed by atoms with E-state index >= 15 is 0 Å². The van der Waals surface area contributed by atoms with Crippen LogP contribution >= 0.6 is 0 Å². The molecular formula is C17H12O9. The van der Waals surface area contributed by atoms with Crippen LogP contribution in [0.3, 0.4) is 0 Å². The number of rotatable bonds is 6. The van der Waals surface area contributed by atoms with Crippen molar-refractivity contribution in [2.45, 2.75) is 6.42 Å². The quantitative estimate of drug-likeness (QED) is 0.432. The number of benzene rings is 1. The number of hydrogen-bond acceptors (Lipinski definition) is 5. The topological polar surface area (TPSA) is 166 Å². The number of carboxylic acids is 4.